The molecule has 1 aromatic rings. The monoisotopic (exact) mass is 278 g/mol. The summed E-state index contributed by atoms with van der Waals surface area (Å²) in [5, 5.41) is 5.07. The molecular weight excluding hydrogens is 256 g/mol. The number of benzene rings is 1. The third kappa shape index (κ3) is 5.73. The highest BCUT2D eigenvalue weighted by atomic mass is 16.5. The molecule has 5 heteroatoms. The third-order valence-electron chi connectivity index (χ3n) is 2.50. The van der Waals surface area contributed by atoms with E-state index in [9.17, 15) is 9.59 Å². The van der Waals surface area contributed by atoms with Crippen molar-refractivity contribution in [3.8, 4) is 5.75 Å². The summed E-state index contributed by atoms with van der Waals surface area (Å²) in [6, 6.07) is 6.89. The SMILES string of the molecule is CCCCOc1ccc(NC(=O)C(=O)NC(C)C)cc1. The predicted molar refractivity (Wildman–Crippen MR) is 78.8 cm³/mol. The van der Waals surface area contributed by atoms with E-state index in [4.69, 9.17) is 4.74 Å². The van der Waals surface area contributed by atoms with Crippen molar-refractivity contribution in [3.05, 3.63) is 24.3 Å². The number of ether oxygens (including phenoxy) is 1. The van der Waals surface area contributed by atoms with Crippen LogP contribution in [-0.2, 0) is 9.59 Å². The van der Waals surface area contributed by atoms with Gasteiger partial charge in [-0.1, -0.05) is 13.3 Å². The molecule has 0 unspecified atom stereocenters. The molecule has 0 aliphatic heterocycles. The van der Waals surface area contributed by atoms with E-state index in [1.807, 2.05) is 0 Å². The normalized spacial score (nSPS) is 10.2. The number of anilines is 1. The molecule has 20 heavy (non-hydrogen) atoms. The van der Waals surface area contributed by atoms with E-state index in [0.29, 0.717) is 12.3 Å². The standard InChI is InChI=1S/C15H22N2O3/c1-4-5-10-20-13-8-6-12(7-9-13)17-15(19)14(18)16-11(2)3/h6-9,11H,4-5,10H2,1-3H3,(H,16,18)(H,17,19). The lowest BCUT2D eigenvalue weighted by atomic mass is 10.3. The second-order valence-corrected chi connectivity index (χ2v) is 4.81. The molecule has 1 rings (SSSR count). The Morgan fingerprint density at radius 3 is 2.35 bits per heavy atom. The lowest BCUT2D eigenvalue weighted by Gasteiger charge is -2.09. The highest BCUT2D eigenvalue weighted by Crippen LogP contribution is 2.15. The van der Waals surface area contributed by atoms with Crippen LogP contribution in [0.1, 0.15) is 33.6 Å². The van der Waals surface area contributed by atoms with Crippen molar-refractivity contribution >= 4 is 17.5 Å². The van der Waals surface area contributed by atoms with Gasteiger partial charge in [-0.2, -0.15) is 0 Å². The quantitative estimate of drug-likeness (QED) is 0.620. The lowest BCUT2D eigenvalue weighted by molar-refractivity contribution is -0.136. The molecule has 0 bridgehead atoms. The fraction of sp³-hybridized carbons (Fsp3) is 0.467. The minimum Gasteiger partial charge on any atom is -0.494 e. The second-order valence-electron chi connectivity index (χ2n) is 4.81. The Hall–Kier alpha value is -2.04. The second kappa shape index (κ2) is 8.19. The molecule has 2 N–H and O–H groups in total. The molecule has 0 spiro atoms. The van der Waals surface area contributed by atoms with Crippen LogP contribution in [0.15, 0.2) is 24.3 Å². The van der Waals surface area contributed by atoms with Crippen LogP contribution >= 0.6 is 0 Å². The predicted octanol–water partition coefficient (Wildman–Crippen LogP) is 2.33. The summed E-state index contributed by atoms with van der Waals surface area (Å²) in [7, 11) is 0. The molecule has 0 aliphatic rings. The van der Waals surface area contributed by atoms with Crippen molar-refractivity contribution in [1.82, 2.24) is 5.32 Å². The first-order valence-corrected chi connectivity index (χ1v) is 6.87. The van der Waals surface area contributed by atoms with Gasteiger partial charge in [-0.3, -0.25) is 9.59 Å². The number of hydrogen-bond acceptors (Lipinski definition) is 3. The molecular formula is C15H22N2O3. The number of rotatable bonds is 6. The number of unbranched alkanes of at least 4 members (excludes halogenated alkanes) is 1. The van der Waals surface area contributed by atoms with Crippen LogP contribution in [0.25, 0.3) is 0 Å². The van der Waals surface area contributed by atoms with Gasteiger partial charge in [0.25, 0.3) is 0 Å². The molecule has 0 saturated heterocycles. The van der Waals surface area contributed by atoms with E-state index in [-0.39, 0.29) is 6.04 Å². The van der Waals surface area contributed by atoms with Crippen LogP contribution in [0, 0.1) is 0 Å². The molecule has 0 saturated carbocycles. The van der Waals surface area contributed by atoms with Crippen LogP contribution in [0.2, 0.25) is 0 Å². The Morgan fingerprint density at radius 1 is 1.15 bits per heavy atom. The molecule has 0 aromatic heterocycles. The van der Waals surface area contributed by atoms with E-state index in [1.54, 1.807) is 38.1 Å². The van der Waals surface area contributed by atoms with Gasteiger partial charge in [0.15, 0.2) is 0 Å². The van der Waals surface area contributed by atoms with Crippen LogP contribution in [-0.4, -0.2) is 24.5 Å². The molecule has 0 atom stereocenters. The first kappa shape index (κ1) is 16.0. The van der Waals surface area contributed by atoms with Crippen molar-refractivity contribution < 1.29 is 14.3 Å². The zero-order chi connectivity index (χ0) is 15.0. The van der Waals surface area contributed by atoms with Gasteiger partial charge in [-0.15, -0.1) is 0 Å². The van der Waals surface area contributed by atoms with Crippen molar-refractivity contribution in [2.45, 2.75) is 39.7 Å². The van der Waals surface area contributed by atoms with E-state index < -0.39 is 11.8 Å². The first-order chi connectivity index (χ1) is 9.52. The summed E-state index contributed by atoms with van der Waals surface area (Å²) >= 11 is 0. The van der Waals surface area contributed by atoms with Crippen LogP contribution in [0.3, 0.4) is 0 Å². The lowest BCUT2D eigenvalue weighted by Crippen LogP contribution is -2.39. The van der Waals surface area contributed by atoms with Gasteiger partial charge >= 0.3 is 11.8 Å². The largest absolute Gasteiger partial charge is 0.494 e. The van der Waals surface area contributed by atoms with Crippen molar-refractivity contribution in [3.63, 3.8) is 0 Å². The van der Waals surface area contributed by atoms with Crippen LogP contribution < -0.4 is 15.4 Å². The van der Waals surface area contributed by atoms with Crippen molar-refractivity contribution in [2.24, 2.45) is 0 Å². The highest BCUT2D eigenvalue weighted by molar-refractivity contribution is 6.39. The van der Waals surface area contributed by atoms with Gasteiger partial charge in [0, 0.05) is 11.7 Å². The maximum atomic E-state index is 11.6. The summed E-state index contributed by atoms with van der Waals surface area (Å²) in [5.41, 5.74) is 0.566. The fourth-order valence-electron chi connectivity index (χ4n) is 1.48. The van der Waals surface area contributed by atoms with Crippen LogP contribution in [0.4, 0.5) is 5.69 Å². The zero-order valence-corrected chi connectivity index (χ0v) is 12.2. The smallest absolute Gasteiger partial charge is 0.313 e. The van der Waals surface area contributed by atoms with Gasteiger partial charge < -0.3 is 15.4 Å². The zero-order valence-electron chi connectivity index (χ0n) is 12.2. The Balaban J connectivity index is 2.48. The fourth-order valence-corrected chi connectivity index (χ4v) is 1.48. The number of carbonyl (C=O) groups is 2. The van der Waals surface area contributed by atoms with E-state index in [2.05, 4.69) is 17.6 Å². The first-order valence-electron chi connectivity index (χ1n) is 6.87. The van der Waals surface area contributed by atoms with Gasteiger partial charge in [-0.05, 0) is 44.5 Å². The van der Waals surface area contributed by atoms with Gasteiger partial charge in [-0.25, -0.2) is 0 Å². The number of carbonyl (C=O) groups excluding carboxylic acids is 2. The topological polar surface area (TPSA) is 67.4 Å². The van der Waals surface area contributed by atoms with Crippen molar-refractivity contribution in [2.75, 3.05) is 11.9 Å². The van der Waals surface area contributed by atoms with E-state index in [0.717, 1.165) is 18.6 Å². The summed E-state index contributed by atoms with van der Waals surface area (Å²) in [4.78, 5) is 23.0. The van der Waals surface area contributed by atoms with Crippen molar-refractivity contribution in [1.29, 1.82) is 0 Å². The summed E-state index contributed by atoms with van der Waals surface area (Å²) in [5.74, 6) is -0.551. The highest BCUT2D eigenvalue weighted by Gasteiger charge is 2.14. The Bertz CT molecular complexity index is 441. The molecule has 110 valence electrons. The third-order valence-corrected chi connectivity index (χ3v) is 2.50. The summed E-state index contributed by atoms with van der Waals surface area (Å²) in [6.45, 7) is 6.38. The molecule has 0 fully saturated rings. The maximum Gasteiger partial charge on any atom is 0.313 e. The molecule has 0 heterocycles. The number of nitrogens with one attached hydrogen (secondary N) is 2. The average molecular weight is 278 g/mol. The Labute approximate surface area is 119 Å². The van der Waals surface area contributed by atoms with Gasteiger partial charge in [0.05, 0.1) is 6.61 Å². The number of amides is 2. The van der Waals surface area contributed by atoms with Crippen LogP contribution in [0.5, 0.6) is 5.75 Å². The minimum absolute atomic E-state index is 0.0670. The molecule has 5 nitrogen and oxygen atoms in total. The summed E-state index contributed by atoms with van der Waals surface area (Å²) < 4.78 is 5.51. The minimum atomic E-state index is -0.668. The van der Waals surface area contributed by atoms with E-state index in [1.165, 1.54) is 0 Å². The number of hydrogen-bond donors (Lipinski definition) is 2. The molecule has 1 aromatic carbocycles. The molecule has 0 radical (unpaired) electrons. The molecule has 2 amide bonds. The maximum absolute atomic E-state index is 11.6. The Kier molecular flexibility index (Phi) is 6.56. The average Bonchev–Trinajstić information content (AvgIpc) is 2.40. The van der Waals surface area contributed by atoms with Gasteiger partial charge in [0.2, 0.25) is 0 Å². The summed E-state index contributed by atoms with van der Waals surface area (Å²) in [6.07, 6.45) is 2.09. The Morgan fingerprint density at radius 2 is 1.80 bits per heavy atom. The van der Waals surface area contributed by atoms with E-state index >= 15 is 0 Å². The van der Waals surface area contributed by atoms with Gasteiger partial charge in [0.1, 0.15) is 5.75 Å². The molecule has 0 aliphatic carbocycles.